The minimum Gasteiger partial charge on any atom is -0.492 e. The molecule has 1 amide bonds. The van der Waals surface area contributed by atoms with Crippen LogP contribution in [-0.4, -0.2) is 33.0 Å². The molecule has 0 spiro atoms. The van der Waals surface area contributed by atoms with Crippen LogP contribution in [0.5, 0.6) is 5.75 Å². The molecule has 1 aromatic rings. The summed E-state index contributed by atoms with van der Waals surface area (Å²) >= 11 is 6.02. The molecule has 2 rings (SSSR count). The quantitative estimate of drug-likeness (QED) is 0.655. The van der Waals surface area contributed by atoms with Gasteiger partial charge in [0.05, 0.1) is 0 Å². The van der Waals surface area contributed by atoms with Crippen LogP contribution in [-0.2, 0) is 21.4 Å². The van der Waals surface area contributed by atoms with E-state index in [9.17, 15) is 26.4 Å². The Kier molecular flexibility index (Phi) is 6.17. The molecule has 25 heavy (non-hydrogen) atoms. The lowest BCUT2D eigenvalue weighted by Crippen LogP contribution is -2.38. The molecule has 1 aliphatic rings. The Hall–Kier alpha value is -1.52. The van der Waals surface area contributed by atoms with E-state index in [2.05, 4.69) is 5.32 Å². The van der Waals surface area contributed by atoms with E-state index in [4.69, 9.17) is 16.3 Å². The van der Waals surface area contributed by atoms with Crippen molar-refractivity contribution in [3.05, 3.63) is 28.8 Å². The number of amides is 1. The van der Waals surface area contributed by atoms with Gasteiger partial charge in [0, 0.05) is 24.0 Å². The van der Waals surface area contributed by atoms with Gasteiger partial charge in [-0.05, 0) is 36.6 Å². The molecule has 0 aliphatic heterocycles. The summed E-state index contributed by atoms with van der Waals surface area (Å²) in [7, 11) is -5.39. The van der Waals surface area contributed by atoms with Crippen LogP contribution >= 0.6 is 11.6 Å². The fourth-order valence-corrected chi connectivity index (χ4v) is 2.58. The SMILES string of the molecule is O=C(NCc1cc(OCCNS(=O)(=O)C(F)(F)F)ccc1Cl)C1CC1. The fourth-order valence-electron chi connectivity index (χ4n) is 1.88. The Morgan fingerprint density at radius 2 is 2.00 bits per heavy atom. The number of halogens is 4. The molecule has 140 valence electrons. The van der Waals surface area contributed by atoms with Crippen molar-refractivity contribution in [2.45, 2.75) is 24.9 Å². The van der Waals surface area contributed by atoms with Crippen LogP contribution in [0.15, 0.2) is 18.2 Å². The monoisotopic (exact) mass is 400 g/mol. The lowest BCUT2D eigenvalue weighted by molar-refractivity contribution is -0.122. The van der Waals surface area contributed by atoms with Crippen molar-refractivity contribution in [2.75, 3.05) is 13.2 Å². The molecule has 0 bridgehead atoms. The Bertz CT molecular complexity index is 736. The summed E-state index contributed by atoms with van der Waals surface area (Å²) in [6.45, 7) is -0.644. The highest BCUT2D eigenvalue weighted by molar-refractivity contribution is 7.90. The molecule has 1 aliphatic carbocycles. The maximum Gasteiger partial charge on any atom is 0.511 e. The third-order valence-electron chi connectivity index (χ3n) is 3.39. The molecule has 1 fully saturated rings. The van der Waals surface area contributed by atoms with Gasteiger partial charge in [-0.25, -0.2) is 13.1 Å². The van der Waals surface area contributed by atoms with Crippen molar-refractivity contribution in [3.8, 4) is 5.75 Å². The van der Waals surface area contributed by atoms with E-state index >= 15 is 0 Å². The number of rotatable bonds is 8. The predicted octanol–water partition coefficient (Wildman–Crippen LogP) is 2.18. The summed E-state index contributed by atoms with van der Waals surface area (Å²) in [6, 6.07) is 4.55. The fraction of sp³-hybridized carbons (Fsp3) is 0.500. The van der Waals surface area contributed by atoms with Crippen LogP contribution in [0.4, 0.5) is 13.2 Å². The van der Waals surface area contributed by atoms with Gasteiger partial charge >= 0.3 is 15.5 Å². The van der Waals surface area contributed by atoms with Crippen molar-refractivity contribution in [1.82, 2.24) is 10.0 Å². The number of hydrogen-bond acceptors (Lipinski definition) is 4. The first-order valence-corrected chi connectivity index (χ1v) is 9.21. The number of ether oxygens (including phenoxy) is 1. The van der Waals surface area contributed by atoms with Crippen molar-refractivity contribution >= 4 is 27.5 Å². The van der Waals surface area contributed by atoms with Crippen molar-refractivity contribution in [3.63, 3.8) is 0 Å². The van der Waals surface area contributed by atoms with Gasteiger partial charge in [0.25, 0.3) is 0 Å². The van der Waals surface area contributed by atoms with Crippen LogP contribution in [0, 0.1) is 5.92 Å². The average molecular weight is 401 g/mol. The Balaban J connectivity index is 1.83. The maximum absolute atomic E-state index is 12.2. The molecule has 0 aromatic heterocycles. The molecule has 0 radical (unpaired) electrons. The largest absolute Gasteiger partial charge is 0.511 e. The second-order valence-electron chi connectivity index (χ2n) is 5.44. The van der Waals surface area contributed by atoms with Gasteiger partial charge in [0.2, 0.25) is 5.91 Å². The number of sulfonamides is 1. The first kappa shape index (κ1) is 19.8. The van der Waals surface area contributed by atoms with E-state index in [-0.39, 0.29) is 25.0 Å². The normalized spacial score (nSPS) is 15.0. The van der Waals surface area contributed by atoms with Crippen molar-refractivity contribution in [2.24, 2.45) is 5.92 Å². The molecule has 1 saturated carbocycles. The second-order valence-corrected chi connectivity index (χ2v) is 7.60. The van der Waals surface area contributed by atoms with Crippen LogP contribution in [0.3, 0.4) is 0 Å². The molecular formula is C14H16ClF3N2O4S. The topological polar surface area (TPSA) is 84.5 Å². The van der Waals surface area contributed by atoms with Gasteiger partial charge in [-0.15, -0.1) is 0 Å². The van der Waals surface area contributed by atoms with Gasteiger partial charge in [0.1, 0.15) is 12.4 Å². The molecule has 0 heterocycles. The average Bonchev–Trinajstić information content (AvgIpc) is 3.35. The summed E-state index contributed by atoms with van der Waals surface area (Å²) in [5.41, 5.74) is -4.77. The van der Waals surface area contributed by atoms with E-state index in [1.165, 1.54) is 22.9 Å². The lowest BCUT2D eigenvalue weighted by atomic mass is 10.2. The minimum atomic E-state index is -5.39. The number of alkyl halides is 3. The van der Waals surface area contributed by atoms with Crippen LogP contribution in [0.1, 0.15) is 18.4 Å². The highest BCUT2D eigenvalue weighted by atomic mass is 35.5. The van der Waals surface area contributed by atoms with E-state index in [1.54, 1.807) is 0 Å². The second kappa shape index (κ2) is 7.79. The number of carbonyl (C=O) groups excluding carboxylic acids is 1. The molecule has 2 N–H and O–H groups in total. The summed E-state index contributed by atoms with van der Waals surface area (Å²) in [5.74, 6) is 0.301. The lowest BCUT2D eigenvalue weighted by Gasteiger charge is -2.12. The zero-order valence-electron chi connectivity index (χ0n) is 12.9. The van der Waals surface area contributed by atoms with Crippen LogP contribution in [0.2, 0.25) is 5.02 Å². The Morgan fingerprint density at radius 3 is 2.60 bits per heavy atom. The third kappa shape index (κ3) is 5.75. The van der Waals surface area contributed by atoms with Gasteiger partial charge in [0.15, 0.2) is 0 Å². The number of benzene rings is 1. The summed E-state index contributed by atoms with van der Waals surface area (Å²) < 4.78 is 64.7. The van der Waals surface area contributed by atoms with E-state index in [0.717, 1.165) is 12.8 Å². The zero-order chi connectivity index (χ0) is 18.7. The van der Waals surface area contributed by atoms with Gasteiger partial charge in [-0.3, -0.25) is 4.79 Å². The van der Waals surface area contributed by atoms with Crippen molar-refractivity contribution < 1.29 is 31.1 Å². The zero-order valence-corrected chi connectivity index (χ0v) is 14.5. The predicted molar refractivity (Wildman–Crippen MR) is 84.5 cm³/mol. The molecule has 0 atom stereocenters. The number of carbonyl (C=O) groups is 1. The molecule has 11 heteroatoms. The van der Waals surface area contributed by atoms with E-state index < -0.39 is 22.1 Å². The molecule has 1 aromatic carbocycles. The Labute approximate surface area is 147 Å². The summed E-state index contributed by atoms with van der Waals surface area (Å²) in [4.78, 5) is 11.6. The van der Waals surface area contributed by atoms with Crippen LogP contribution < -0.4 is 14.8 Å². The first-order chi connectivity index (χ1) is 11.6. The summed E-state index contributed by atoms with van der Waals surface area (Å²) in [6.07, 6.45) is 1.74. The van der Waals surface area contributed by atoms with E-state index in [1.807, 2.05) is 0 Å². The molecule has 0 saturated heterocycles. The number of hydrogen-bond donors (Lipinski definition) is 2. The molecule has 0 unspecified atom stereocenters. The first-order valence-electron chi connectivity index (χ1n) is 7.35. The maximum atomic E-state index is 12.2. The van der Waals surface area contributed by atoms with Crippen LogP contribution in [0.25, 0.3) is 0 Å². The highest BCUT2D eigenvalue weighted by Gasteiger charge is 2.45. The molecular weight excluding hydrogens is 385 g/mol. The highest BCUT2D eigenvalue weighted by Crippen LogP contribution is 2.29. The standard InChI is InChI=1S/C14H16ClF3N2O4S/c15-12-4-3-11(7-10(12)8-19-13(21)9-1-2-9)24-6-5-20-25(22,23)14(16,17)18/h3-4,7,9,20H,1-2,5-6,8H2,(H,19,21). The summed E-state index contributed by atoms with van der Waals surface area (Å²) in [5, 5.41) is 3.14. The van der Waals surface area contributed by atoms with Gasteiger partial charge < -0.3 is 10.1 Å². The third-order valence-corrected chi connectivity index (χ3v) is 4.95. The Morgan fingerprint density at radius 1 is 1.32 bits per heavy atom. The smallest absolute Gasteiger partial charge is 0.492 e. The minimum absolute atomic E-state index is 0.0519. The molecule has 6 nitrogen and oxygen atoms in total. The van der Waals surface area contributed by atoms with Crippen molar-refractivity contribution in [1.29, 1.82) is 0 Å². The van der Waals surface area contributed by atoms with Gasteiger partial charge in [-0.2, -0.15) is 13.2 Å². The number of nitrogens with one attached hydrogen (secondary N) is 2. The van der Waals surface area contributed by atoms with E-state index in [0.29, 0.717) is 16.3 Å². The van der Waals surface area contributed by atoms with Gasteiger partial charge in [-0.1, -0.05) is 11.6 Å².